The van der Waals surface area contributed by atoms with Crippen LogP contribution in [-0.4, -0.2) is 19.7 Å². The van der Waals surface area contributed by atoms with Crippen LogP contribution in [0.4, 0.5) is 5.82 Å². The number of hydrogen-bond acceptors (Lipinski definition) is 5. The molecule has 0 amide bonds. The molecule has 0 bridgehead atoms. The second-order valence-electron chi connectivity index (χ2n) is 3.61. The van der Waals surface area contributed by atoms with Crippen LogP contribution in [0.2, 0.25) is 0 Å². The van der Waals surface area contributed by atoms with Crippen LogP contribution in [0.15, 0.2) is 40.1 Å². The molecule has 0 aliphatic rings. The van der Waals surface area contributed by atoms with E-state index >= 15 is 0 Å². The summed E-state index contributed by atoms with van der Waals surface area (Å²) in [5.74, 6) is 0.404. The second kappa shape index (κ2) is 4.85. The highest BCUT2D eigenvalue weighted by atomic mass is 32.2. The van der Waals surface area contributed by atoms with Crippen molar-refractivity contribution >= 4 is 27.0 Å². The predicted molar refractivity (Wildman–Crippen MR) is 69.0 cm³/mol. The zero-order chi connectivity index (χ0) is 12.3. The highest BCUT2D eigenvalue weighted by molar-refractivity contribution is 7.90. The van der Waals surface area contributed by atoms with Crippen molar-refractivity contribution in [3.8, 4) is 0 Å². The van der Waals surface area contributed by atoms with E-state index in [1.165, 1.54) is 6.26 Å². The average Bonchev–Trinajstić information content (AvgIpc) is 2.78. The maximum Gasteiger partial charge on any atom is 0.179 e. The first-order valence-corrected chi connectivity index (χ1v) is 7.81. The molecular formula is C11H12N2O2S2. The van der Waals surface area contributed by atoms with Crippen LogP contribution in [0, 0.1) is 0 Å². The van der Waals surface area contributed by atoms with Crippen molar-refractivity contribution in [2.75, 3.05) is 11.6 Å². The van der Waals surface area contributed by atoms with E-state index in [1.54, 1.807) is 29.7 Å². The predicted octanol–water partition coefficient (Wildman–Crippen LogP) is 2.16. The van der Waals surface area contributed by atoms with Crippen LogP contribution in [0.3, 0.4) is 0 Å². The average molecular weight is 268 g/mol. The first-order chi connectivity index (χ1) is 8.07. The Morgan fingerprint density at radius 1 is 1.41 bits per heavy atom. The number of thiophene rings is 1. The van der Waals surface area contributed by atoms with Crippen molar-refractivity contribution in [1.82, 2.24) is 4.98 Å². The molecule has 0 aliphatic heterocycles. The van der Waals surface area contributed by atoms with Gasteiger partial charge in [-0.25, -0.2) is 13.4 Å². The van der Waals surface area contributed by atoms with Crippen LogP contribution >= 0.6 is 11.3 Å². The monoisotopic (exact) mass is 268 g/mol. The van der Waals surface area contributed by atoms with E-state index in [-0.39, 0.29) is 4.90 Å². The fourth-order valence-corrected chi connectivity index (χ4v) is 2.87. The van der Waals surface area contributed by atoms with Crippen molar-refractivity contribution in [3.63, 3.8) is 0 Å². The van der Waals surface area contributed by atoms with Gasteiger partial charge in [0.1, 0.15) is 10.7 Å². The van der Waals surface area contributed by atoms with Crippen LogP contribution in [0.25, 0.3) is 0 Å². The molecule has 17 heavy (non-hydrogen) atoms. The Balaban J connectivity index is 2.22. The fraction of sp³-hybridized carbons (Fsp3) is 0.182. The van der Waals surface area contributed by atoms with E-state index in [4.69, 9.17) is 0 Å². The van der Waals surface area contributed by atoms with Gasteiger partial charge >= 0.3 is 0 Å². The molecule has 4 nitrogen and oxygen atoms in total. The molecule has 0 saturated carbocycles. The normalized spacial score (nSPS) is 11.4. The van der Waals surface area contributed by atoms with E-state index in [2.05, 4.69) is 10.3 Å². The molecular weight excluding hydrogens is 256 g/mol. The Morgan fingerprint density at radius 3 is 2.88 bits per heavy atom. The van der Waals surface area contributed by atoms with Crippen molar-refractivity contribution in [2.24, 2.45) is 0 Å². The lowest BCUT2D eigenvalue weighted by Gasteiger charge is -2.08. The Kier molecular flexibility index (Phi) is 3.44. The van der Waals surface area contributed by atoms with Gasteiger partial charge in [-0.2, -0.15) is 11.3 Å². The highest BCUT2D eigenvalue weighted by Gasteiger charge is 2.13. The molecule has 0 unspecified atom stereocenters. The molecule has 0 aliphatic carbocycles. The van der Waals surface area contributed by atoms with Gasteiger partial charge in [0.25, 0.3) is 0 Å². The highest BCUT2D eigenvalue weighted by Crippen LogP contribution is 2.18. The minimum Gasteiger partial charge on any atom is -0.365 e. The molecule has 2 heterocycles. The largest absolute Gasteiger partial charge is 0.365 e. The molecule has 0 fully saturated rings. The Labute approximate surface area is 104 Å². The molecule has 0 saturated heterocycles. The number of pyridine rings is 1. The van der Waals surface area contributed by atoms with Crippen LogP contribution in [0.5, 0.6) is 0 Å². The van der Waals surface area contributed by atoms with Crippen molar-refractivity contribution < 1.29 is 8.42 Å². The number of sulfone groups is 1. The van der Waals surface area contributed by atoms with Gasteiger partial charge in [0, 0.05) is 19.0 Å². The van der Waals surface area contributed by atoms with Gasteiger partial charge < -0.3 is 5.32 Å². The summed E-state index contributed by atoms with van der Waals surface area (Å²) in [6, 6.07) is 5.16. The summed E-state index contributed by atoms with van der Waals surface area (Å²) >= 11 is 1.61. The molecule has 0 atom stereocenters. The standard InChI is InChI=1S/C11H12N2O2S2/c1-17(14,15)10-3-2-5-12-11(10)13-7-9-4-6-16-8-9/h2-6,8H,7H2,1H3,(H,12,13). The molecule has 2 aromatic rings. The molecule has 90 valence electrons. The molecule has 0 spiro atoms. The third-order valence-electron chi connectivity index (χ3n) is 2.21. The van der Waals surface area contributed by atoms with Crippen molar-refractivity contribution in [3.05, 3.63) is 40.7 Å². The van der Waals surface area contributed by atoms with Gasteiger partial charge in [-0.1, -0.05) is 0 Å². The number of anilines is 1. The Morgan fingerprint density at radius 2 is 2.24 bits per heavy atom. The minimum atomic E-state index is -3.25. The number of hydrogen-bond donors (Lipinski definition) is 1. The zero-order valence-electron chi connectivity index (χ0n) is 9.25. The van der Waals surface area contributed by atoms with Gasteiger partial charge in [0.2, 0.25) is 0 Å². The number of nitrogens with zero attached hydrogens (tertiary/aromatic N) is 1. The summed E-state index contributed by atoms with van der Waals surface area (Å²) in [5, 5.41) is 7.03. The van der Waals surface area contributed by atoms with Gasteiger partial charge in [0.15, 0.2) is 9.84 Å². The molecule has 0 aromatic carbocycles. The van der Waals surface area contributed by atoms with Gasteiger partial charge in [-0.15, -0.1) is 0 Å². The quantitative estimate of drug-likeness (QED) is 0.923. The smallest absolute Gasteiger partial charge is 0.179 e. The topological polar surface area (TPSA) is 59.1 Å². The SMILES string of the molecule is CS(=O)(=O)c1cccnc1NCc1ccsc1. The third-order valence-corrected chi connectivity index (χ3v) is 4.07. The Bertz CT molecular complexity index is 592. The van der Waals surface area contributed by atoms with Crippen LogP contribution in [0.1, 0.15) is 5.56 Å². The van der Waals surface area contributed by atoms with E-state index in [9.17, 15) is 8.42 Å². The lowest BCUT2D eigenvalue weighted by Crippen LogP contribution is -2.07. The maximum absolute atomic E-state index is 11.5. The summed E-state index contributed by atoms with van der Waals surface area (Å²) in [6.07, 6.45) is 2.75. The zero-order valence-corrected chi connectivity index (χ0v) is 10.9. The first-order valence-electron chi connectivity index (χ1n) is 4.97. The molecule has 1 N–H and O–H groups in total. The van der Waals surface area contributed by atoms with Gasteiger partial charge in [0.05, 0.1) is 0 Å². The first kappa shape index (κ1) is 12.1. The molecule has 0 radical (unpaired) electrons. The van der Waals surface area contributed by atoms with Crippen LogP contribution < -0.4 is 5.32 Å². The van der Waals surface area contributed by atoms with Gasteiger partial charge in [-0.05, 0) is 34.5 Å². The minimum absolute atomic E-state index is 0.232. The lowest BCUT2D eigenvalue weighted by atomic mass is 10.3. The summed E-state index contributed by atoms with van der Waals surface area (Å²) in [7, 11) is -3.25. The summed E-state index contributed by atoms with van der Waals surface area (Å²) < 4.78 is 23.1. The third kappa shape index (κ3) is 3.04. The van der Waals surface area contributed by atoms with Crippen molar-refractivity contribution in [1.29, 1.82) is 0 Å². The van der Waals surface area contributed by atoms with Crippen molar-refractivity contribution in [2.45, 2.75) is 11.4 Å². The summed E-state index contributed by atoms with van der Waals surface area (Å²) in [6.45, 7) is 0.572. The number of nitrogens with one attached hydrogen (secondary N) is 1. The number of aromatic nitrogens is 1. The fourth-order valence-electron chi connectivity index (χ4n) is 1.40. The Hall–Kier alpha value is -1.40. The van der Waals surface area contributed by atoms with Gasteiger partial charge in [-0.3, -0.25) is 0 Å². The summed E-state index contributed by atoms with van der Waals surface area (Å²) in [5.41, 5.74) is 1.11. The second-order valence-corrected chi connectivity index (χ2v) is 6.37. The summed E-state index contributed by atoms with van der Waals surface area (Å²) in [4.78, 5) is 4.29. The van der Waals surface area contributed by atoms with Crippen LogP contribution in [-0.2, 0) is 16.4 Å². The molecule has 6 heteroatoms. The lowest BCUT2D eigenvalue weighted by molar-refractivity contribution is 0.601. The molecule has 2 rings (SSSR count). The number of rotatable bonds is 4. The maximum atomic E-state index is 11.5. The van der Waals surface area contributed by atoms with E-state index in [0.717, 1.165) is 5.56 Å². The van der Waals surface area contributed by atoms with E-state index in [1.807, 2.05) is 16.8 Å². The molecule has 2 aromatic heterocycles. The van der Waals surface area contributed by atoms with E-state index < -0.39 is 9.84 Å². The van der Waals surface area contributed by atoms with E-state index in [0.29, 0.717) is 12.4 Å².